The van der Waals surface area contributed by atoms with Crippen LogP contribution in [0.15, 0.2) is 22.7 Å². The number of carboxylic acids is 1. The van der Waals surface area contributed by atoms with Gasteiger partial charge in [0.05, 0.1) is 10.7 Å². The van der Waals surface area contributed by atoms with Gasteiger partial charge >= 0.3 is 12.0 Å². The molecule has 0 aliphatic rings. The molecule has 98 valence electrons. The summed E-state index contributed by atoms with van der Waals surface area (Å²) in [6.45, 7) is 0.295. The van der Waals surface area contributed by atoms with E-state index < -0.39 is 12.0 Å². The van der Waals surface area contributed by atoms with E-state index in [4.69, 9.17) is 16.7 Å². The Morgan fingerprint density at radius 1 is 1.39 bits per heavy atom. The monoisotopic (exact) mass is 334 g/mol. The average molecular weight is 336 g/mol. The van der Waals surface area contributed by atoms with Gasteiger partial charge in [-0.3, -0.25) is 4.79 Å². The lowest BCUT2D eigenvalue weighted by atomic mass is 10.3. The van der Waals surface area contributed by atoms with Crippen LogP contribution < -0.4 is 10.6 Å². The highest BCUT2D eigenvalue weighted by Gasteiger charge is 2.06. The van der Waals surface area contributed by atoms with Crippen molar-refractivity contribution in [1.82, 2.24) is 5.32 Å². The van der Waals surface area contributed by atoms with Crippen molar-refractivity contribution in [1.29, 1.82) is 0 Å². The molecule has 1 aromatic carbocycles. The van der Waals surface area contributed by atoms with Crippen molar-refractivity contribution in [3.8, 4) is 0 Å². The van der Waals surface area contributed by atoms with Crippen LogP contribution in [0, 0.1) is 0 Å². The molecule has 1 aromatic rings. The molecule has 2 amide bonds. The second-order valence-corrected chi connectivity index (χ2v) is 4.83. The Hall–Kier alpha value is -1.27. The highest BCUT2D eigenvalue weighted by atomic mass is 79.9. The number of rotatable bonds is 5. The normalized spacial score (nSPS) is 9.89. The molecule has 0 atom stereocenters. The largest absolute Gasteiger partial charge is 0.481 e. The molecule has 0 spiro atoms. The standard InChI is InChI=1S/C11H12BrClN2O3/c12-7-3-4-8(13)9(6-7)15-11(18)14-5-1-2-10(16)17/h3-4,6H,1-2,5H2,(H,16,17)(H2,14,15,18). The first-order valence-electron chi connectivity index (χ1n) is 5.20. The molecule has 0 aromatic heterocycles. The van der Waals surface area contributed by atoms with Gasteiger partial charge in [-0.05, 0) is 24.6 Å². The Balaban J connectivity index is 2.40. The second kappa shape index (κ2) is 7.23. The summed E-state index contributed by atoms with van der Waals surface area (Å²) in [5, 5.41) is 14.0. The van der Waals surface area contributed by atoms with Crippen LogP contribution in [-0.4, -0.2) is 23.7 Å². The first kappa shape index (κ1) is 14.8. The summed E-state index contributed by atoms with van der Waals surface area (Å²) in [5.41, 5.74) is 0.488. The van der Waals surface area contributed by atoms with E-state index in [9.17, 15) is 9.59 Å². The van der Waals surface area contributed by atoms with E-state index in [1.807, 2.05) is 0 Å². The van der Waals surface area contributed by atoms with Crippen LogP contribution in [0.2, 0.25) is 5.02 Å². The van der Waals surface area contributed by atoms with Crippen molar-refractivity contribution in [2.24, 2.45) is 0 Å². The van der Waals surface area contributed by atoms with Gasteiger partial charge in [-0.15, -0.1) is 0 Å². The maximum atomic E-state index is 11.5. The third-order valence-electron chi connectivity index (χ3n) is 2.03. The third kappa shape index (κ3) is 5.37. The molecule has 5 nitrogen and oxygen atoms in total. The van der Waals surface area contributed by atoms with Gasteiger partial charge in [0.2, 0.25) is 0 Å². The minimum Gasteiger partial charge on any atom is -0.481 e. The quantitative estimate of drug-likeness (QED) is 0.724. The number of carboxylic acid groups (broad SMARTS) is 1. The van der Waals surface area contributed by atoms with E-state index in [0.29, 0.717) is 23.7 Å². The molecule has 3 N–H and O–H groups in total. The Bertz CT molecular complexity index is 454. The molecule has 0 aliphatic carbocycles. The number of carbonyl (C=O) groups excluding carboxylic acids is 1. The number of halogens is 2. The first-order valence-corrected chi connectivity index (χ1v) is 6.38. The van der Waals surface area contributed by atoms with Crippen molar-refractivity contribution in [3.05, 3.63) is 27.7 Å². The Morgan fingerprint density at radius 3 is 2.78 bits per heavy atom. The maximum Gasteiger partial charge on any atom is 0.319 e. The predicted molar refractivity (Wildman–Crippen MR) is 73.0 cm³/mol. The molecule has 1 rings (SSSR count). The summed E-state index contributed by atoms with van der Waals surface area (Å²) in [6.07, 6.45) is 0.410. The fourth-order valence-electron chi connectivity index (χ4n) is 1.20. The van der Waals surface area contributed by atoms with E-state index in [1.54, 1.807) is 18.2 Å². The van der Waals surface area contributed by atoms with Gasteiger partial charge in [0.15, 0.2) is 0 Å². The number of hydrogen-bond acceptors (Lipinski definition) is 2. The molecular weight excluding hydrogens is 323 g/mol. The third-order valence-corrected chi connectivity index (χ3v) is 2.85. The molecule has 0 saturated heterocycles. The van der Waals surface area contributed by atoms with Gasteiger partial charge in [0, 0.05) is 17.4 Å². The van der Waals surface area contributed by atoms with Crippen molar-refractivity contribution >= 4 is 45.2 Å². The average Bonchev–Trinajstić information content (AvgIpc) is 2.29. The van der Waals surface area contributed by atoms with E-state index in [1.165, 1.54) is 0 Å². The lowest BCUT2D eigenvalue weighted by Crippen LogP contribution is -2.29. The van der Waals surface area contributed by atoms with Crippen molar-refractivity contribution in [2.75, 3.05) is 11.9 Å². The molecule has 7 heteroatoms. The van der Waals surface area contributed by atoms with E-state index in [-0.39, 0.29) is 6.42 Å². The van der Waals surface area contributed by atoms with Gasteiger partial charge < -0.3 is 15.7 Å². The number of anilines is 1. The zero-order valence-corrected chi connectivity index (χ0v) is 11.7. The number of amides is 2. The second-order valence-electron chi connectivity index (χ2n) is 3.50. The van der Waals surface area contributed by atoms with Gasteiger partial charge in [0.25, 0.3) is 0 Å². The summed E-state index contributed by atoms with van der Waals surface area (Å²) in [7, 11) is 0. The first-order chi connectivity index (χ1) is 8.49. The van der Waals surface area contributed by atoms with Crippen LogP contribution in [0.4, 0.5) is 10.5 Å². The van der Waals surface area contributed by atoms with Crippen LogP contribution in [0.3, 0.4) is 0 Å². The Labute approximate surface area is 118 Å². The van der Waals surface area contributed by atoms with Gasteiger partial charge in [-0.25, -0.2) is 4.79 Å². The smallest absolute Gasteiger partial charge is 0.319 e. The number of nitrogens with one attached hydrogen (secondary N) is 2. The molecule has 0 fully saturated rings. The highest BCUT2D eigenvalue weighted by molar-refractivity contribution is 9.10. The molecule has 18 heavy (non-hydrogen) atoms. The van der Waals surface area contributed by atoms with Gasteiger partial charge in [0.1, 0.15) is 0 Å². The minimum absolute atomic E-state index is 0.0257. The van der Waals surface area contributed by atoms with Crippen molar-refractivity contribution in [3.63, 3.8) is 0 Å². The zero-order valence-electron chi connectivity index (χ0n) is 9.37. The predicted octanol–water partition coefficient (Wildman–Crippen LogP) is 3.09. The molecule has 0 radical (unpaired) electrons. The van der Waals surface area contributed by atoms with E-state index in [2.05, 4.69) is 26.6 Å². The molecule has 0 aliphatic heterocycles. The SMILES string of the molecule is O=C(O)CCCNC(=O)Nc1cc(Br)ccc1Cl. The topological polar surface area (TPSA) is 78.4 Å². The zero-order chi connectivity index (χ0) is 13.5. The molecule has 0 unspecified atom stereocenters. The molecular formula is C11H12BrClN2O3. The number of hydrogen-bond donors (Lipinski definition) is 3. The van der Waals surface area contributed by atoms with E-state index >= 15 is 0 Å². The van der Waals surface area contributed by atoms with Crippen molar-refractivity contribution in [2.45, 2.75) is 12.8 Å². The summed E-state index contributed by atoms with van der Waals surface area (Å²) in [4.78, 5) is 21.7. The summed E-state index contributed by atoms with van der Waals surface area (Å²) >= 11 is 9.17. The van der Waals surface area contributed by atoms with Gasteiger partial charge in [-0.2, -0.15) is 0 Å². The van der Waals surface area contributed by atoms with Crippen LogP contribution in [0.5, 0.6) is 0 Å². The number of carbonyl (C=O) groups is 2. The van der Waals surface area contributed by atoms with Crippen LogP contribution in [0.25, 0.3) is 0 Å². The Kier molecular flexibility index (Phi) is 5.94. The van der Waals surface area contributed by atoms with Crippen LogP contribution in [0.1, 0.15) is 12.8 Å². The number of aliphatic carboxylic acids is 1. The fourth-order valence-corrected chi connectivity index (χ4v) is 1.73. The van der Waals surface area contributed by atoms with Crippen molar-refractivity contribution < 1.29 is 14.7 Å². The lowest BCUT2D eigenvalue weighted by Gasteiger charge is -2.08. The fraction of sp³-hybridized carbons (Fsp3) is 0.273. The van der Waals surface area contributed by atoms with Crippen LogP contribution >= 0.6 is 27.5 Å². The lowest BCUT2D eigenvalue weighted by molar-refractivity contribution is -0.137. The number of urea groups is 1. The minimum atomic E-state index is -0.882. The number of benzene rings is 1. The molecule has 0 saturated carbocycles. The molecule has 0 heterocycles. The van der Waals surface area contributed by atoms with E-state index in [0.717, 1.165) is 4.47 Å². The highest BCUT2D eigenvalue weighted by Crippen LogP contribution is 2.25. The summed E-state index contributed by atoms with van der Waals surface area (Å²) < 4.78 is 0.799. The molecule has 0 bridgehead atoms. The Morgan fingerprint density at radius 2 is 2.11 bits per heavy atom. The maximum absolute atomic E-state index is 11.5. The summed E-state index contributed by atoms with van der Waals surface area (Å²) in [5.74, 6) is -0.882. The summed E-state index contributed by atoms with van der Waals surface area (Å²) in [6, 6.07) is 4.68. The van der Waals surface area contributed by atoms with Gasteiger partial charge in [-0.1, -0.05) is 27.5 Å². The van der Waals surface area contributed by atoms with Crippen LogP contribution in [-0.2, 0) is 4.79 Å².